The summed E-state index contributed by atoms with van der Waals surface area (Å²) in [6.07, 6.45) is 0.840. The van der Waals surface area contributed by atoms with Crippen LogP contribution in [0.15, 0.2) is 23.2 Å². The van der Waals surface area contributed by atoms with Crippen LogP contribution in [0, 0.1) is 5.82 Å². The Hall–Kier alpha value is -2.26. The number of ketones is 1. The predicted octanol–water partition coefficient (Wildman–Crippen LogP) is 3.26. The molecule has 2 heterocycles. The number of carbonyl (C=O) groups excluding carboxylic acids is 1. The molecule has 31 heavy (non-hydrogen) atoms. The molecule has 3 rings (SSSR count). The predicted molar refractivity (Wildman–Crippen MR) is 114 cm³/mol. The van der Waals surface area contributed by atoms with E-state index in [1.54, 1.807) is 13.2 Å². The monoisotopic (exact) mass is 452 g/mol. The summed E-state index contributed by atoms with van der Waals surface area (Å²) in [5.41, 5.74) is 1.91. The molecule has 1 unspecified atom stereocenters. The number of Topliss-reactive ketones (excluding diaryl/α,β-unsaturated/α-hetero) is 1. The van der Waals surface area contributed by atoms with E-state index in [-0.39, 0.29) is 47.6 Å². The molecule has 7 nitrogen and oxygen atoms in total. The van der Waals surface area contributed by atoms with Gasteiger partial charge in [0.1, 0.15) is 29.2 Å². The van der Waals surface area contributed by atoms with Gasteiger partial charge in [-0.25, -0.2) is 17.5 Å². The number of hydrogen-bond donors (Lipinski definition) is 0. The van der Waals surface area contributed by atoms with E-state index in [0.29, 0.717) is 17.7 Å². The van der Waals surface area contributed by atoms with Crippen molar-refractivity contribution in [1.82, 2.24) is 9.78 Å². The smallest absolute Gasteiger partial charge is 0.231 e. The first-order chi connectivity index (χ1) is 14.5. The Kier molecular flexibility index (Phi) is 6.85. The van der Waals surface area contributed by atoms with Crippen LogP contribution in [-0.4, -0.2) is 49.6 Å². The Bertz CT molecular complexity index is 1080. The Balaban J connectivity index is 1.87. The van der Waals surface area contributed by atoms with Crippen LogP contribution in [0.3, 0.4) is 0 Å². The van der Waals surface area contributed by atoms with Crippen LogP contribution >= 0.6 is 0 Å². The minimum Gasteiger partial charge on any atom is -0.474 e. The number of benzene rings is 1. The molecule has 1 aromatic heterocycles. The maximum absolute atomic E-state index is 14.5. The normalized spacial score (nSPS) is 16.5. The molecule has 0 bridgehead atoms. The van der Waals surface area contributed by atoms with Gasteiger partial charge in [0.2, 0.25) is 5.88 Å². The molecule has 0 saturated heterocycles. The van der Waals surface area contributed by atoms with Crippen molar-refractivity contribution in [2.45, 2.75) is 63.5 Å². The second-order valence-corrected chi connectivity index (χ2v) is 10.4. The van der Waals surface area contributed by atoms with Gasteiger partial charge in [0.15, 0.2) is 15.6 Å². The van der Waals surface area contributed by atoms with Gasteiger partial charge in [0, 0.05) is 13.5 Å². The molecule has 1 aromatic carbocycles. The molecule has 0 spiro atoms. The van der Waals surface area contributed by atoms with Gasteiger partial charge in [0.05, 0.1) is 12.7 Å². The van der Waals surface area contributed by atoms with Crippen LogP contribution < -0.4 is 4.74 Å². The van der Waals surface area contributed by atoms with E-state index in [9.17, 15) is 17.6 Å². The first kappa shape index (κ1) is 23.4. The summed E-state index contributed by atoms with van der Waals surface area (Å²) in [5, 5.41) is 4.07. The van der Waals surface area contributed by atoms with Crippen molar-refractivity contribution in [3.63, 3.8) is 0 Å². The third-order valence-corrected chi connectivity index (χ3v) is 7.13. The molecule has 1 aliphatic heterocycles. The zero-order valence-electron chi connectivity index (χ0n) is 18.5. The first-order valence-electron chi connectivity index (χ1n) is 10.3. The standard InChI is InChI=1S/C22H29FN2O5S/c1-13(2)17-6-7-19(23)21(14(3)4)18(17)8-15(26)12-31(27,28)20-9-24-25-10-16(29-5)11-30-22(20)25/h6-7,9,13-14,16H,8,10-12H2,1-5H3. The van der Waals surface area contributed by atoms with Crippen molar-refractivity contribution < 1.29 is 27.1 Å². The number of methoxy groups -OCH3 is 1. The van der Waals surface area contributed by atoms with Crippen molar-refractivity contribution in [3.8, 4) is 5.88 Å². The average molecular weight is 453 g/mol. The topological polar surface area (TPSA) is 87.5 Å². The van der Waals surface area contributed by atoms with E-state index >= 15 is 0 Å². The molecule has 2 aromatic rings. The second-order valence-electron chi connectivity index (χ2n) is 8.48. The van der Waals surface area contributed by atoms with Gasteiger partial charge in [-0.1, -0.05) is 33.8 Å². The number of fused-ring (bicyclic) bond motifs is 1. The third-order valence-electron chi connectivity index (χ3n) is 5.47. The lowest BCUT2D eigenvalue weighted by Gasteiger charge is -2.23. The molecule has 0 N–H and O–H groups in total. The fourth-order valence-electron chi connectivity index (χ4n) is 3.96. The molecular formula is C22H29FN2O5S. The summed E-state index contributed by atoms with van der Waals surface area (Å²) in [6.45, 7) is 8.22. The SMILES string of the molecule is COC1COc2c(S(=O)(=O)CC(=O)Cc3c(C(C)C)ccc(F)c3C(C)C)cnn2C1. The maximum Gasteiger partial charge on any atom is 0.231 e. The molecule has 0 amide bonds. The first-order valence-corrected chi connectivity index (χ1v) is 12.0. The van der Waals surface area contributed by atoms with Crippen LogP contribution in [0.25, 0.3) is 0 Å². The van der Waals surface area contributed by atoms with Crippen LogP contribution in [0.2, 0.25) is 0 Å². The summed E-state index contributed by atoms with van der Waals surface area (Å²) in [4.78, 5) is 12.8. The van der Waals surface area contributed by atoms with E-state index in [1.165, 1.54) is 16.9 Å². The molecule has 170 valence electrons. The summed E-state index contributed by atoms with van der Waals surface area (Å²) in [6, 6.07) is 3.09. The molecule has 1 aliphatic rings. The van der Waals surface area contributed by atoms with E-state index in [2.05, 4.69) is 5.10 Å². The molecular weight excluding hydrogens is 423 g/mol. The summed E-state index contributed by atoms with van der Waals surface area (Å²) >= 11 is 0. The highest BCUT2D eigenvalue weighted by Crippen LogP contribution is 2.32. The number of nitrogens with zero attached hydrogens (tertiary/aromatic N) is 2. The fraction of sp³-hybridized carbons (Fsp3) is 0.545. The van der Waals surface area contributed by atoms with Crippen LogP contribution in [-0.2, 0) is 32.3 Å². The largest absolute Gasteiger partial charge is 0.474 e. The molecule has 0 radical (unpaired) electrons. The number of carbonyl (C=O) groups is 1. The van der Waals surface area contributed by atoms with Gasteiger partial charge in [-0.2, -0.15) is 5.10 Å². The fourth-order valence-corrected chi connectivity index (χ4v) is 5.28. The van der Waals surface area contributed by atoms with Gasteiger partial charge in [-0.05, 0) is 34.6 Å². The lowest BCUT2D eigenvalue weighted by atomic mass is 9.86. The highest BCUT2D eigenvalue weighted by Gasteiger charge is 2.32. The van der Waals surface area contributed by atoms with Crippen molar-refractivity contribution in [1.29, 1.82) is 0 Å². The molecule has 9 heteroatoms. The van der Waals surface area contributed by atoms with Crippen molar-refractivity contribution in [3.05, 3.63) is 40.8 Å². The second kappa shape index (κ2) is 9.08. The van der Waals surface area contributed by atoms with Crippen LogP contribution in [0.1, 0.15) is 56.2 Å². The molecule has 1 atom stereocenters. The highest BCUT2D eigenvalue weighted by atomic mass is 32.2. The number of halogens is 1. The minimum absolute atomic E-state index is 0.0716. The minimum atomic E-state index is -3.97. The van der Waals surface area contributed by atoms with E-state index in [4.69, 9.17) is 9.47 Å². The van der Waals surface area contributed by atoms with Crippen LogP contribution in [0.5, 0.6) is 5.88 Å². The number of hydrogen-bond acceptors (Lipinski definition) is 6. The zero-order chi connectivity index (χ0) is 22.9. The number of aromatic nitrogens is 2. The highest BCUT2D eigenvalue weighted by molar-refractivity contribution is 7.92. The summed E-state index contributed by atoms with van der Waals surface area (Å²) in [5.74, 6) is -1.52. The Morgan fingerprint density at radius 2 is 2.00 bits per heavy atom. The van der Waals surface area contributed by atoms with E-state index in [0.717, 1.165) is 5.56 Å². The van der Waals surface area contributed by atoms with E-state index in [1.807, 2.05) is 27.7 Å². The van der Waals surface area contributed by atoms with Gasteiger partial charge in [-0.15, -0.1) is 0 Å². The van der Waals surface area contributed by atoms with Gasteiger partial charge in [0.25, 0.3) is 0 Å². The van der Waals surface area contributed by atoms with Gasteiger partial charge in [-0.3, -0.25) is 4.79 Å². The molecule has 0 aliphatic carbocycles. The van der Waals surface area contributed by atoms with Crippen molar-refractivity contribution >= 4 is 15.6 Å². The summed E-state index contributed by atoms with van der Waals surface area (Å²) in [7, 11) is -2.43. The maximum atomic E-state index is 14.5. The lowest BCUT2D eigenvalue weighted by Crippen LogP contribution is -2.32. The lowest BCUT2D eigenvalue weighted by molar-refractivity contribution is -0.116. The van der Waals surface area contributed by atoms with Crippen molar-refractivity contribution in [2.24, 2.45) is 0 Å². The third kappa shape index (κ3) is 4.82. The number of sulfone groups is 1. The number of rotatable bonds is 8. The Morgan fingerprint density at radius 1 is 1.29 bits per heavy atom. The molecule has 0 saturated carbocycles. The number of ether oxygens (including phenoxy) is 2. The Morgan fingerprint density at radius 3 is 2.61 bits per heavy atom. The molecule has 0 fully saturated rings. The quantitative estimate of drug-likeness (QED) is 0.611. The van der Waals surface area contributed by atoms with E-state index < -0.39 is 21.4 Å². The van der Waals surface area contributed by atoms with Crippen LogP contribution in [0.4, 0.5) is 4.39 Å². The van der Waals surface area contributed by atoms with Crippen molar-refractivity contribution in [2.75, 3.05) is 19.5 Å². The average Bonchev–Trinajstić information content (AvgIpc) is 3.11. The summed E-state index contributed by atoms with van der Waals surface area (Å²) < 4.78 is 52.6. The zero-order valence-corrected chi connectivity index (χ0v) is 19.3. The van der Waals surface area contributed by atoms with Gasteiger partial charge < -0.3 is 9.47 Å². The Labute approximate surface area is 182 Å². The van der Waals surface area contributed by atoms with Gasteiger partial charge >= 0.3 is 0 Å².